The first-order chi connectivity index (χ1) is 8.58. The number of hydrogen-bond donors (Lipinski definition) is 1. The highest BCUT2D eigenvalue weighted by Gasteiger charge is 2.15. The van der Waals surface area contributed by atoms with Gasteiger partial charge in [0.25, 0.3) is 0 Å². The van der Waals surface area contributed by atoms with Crippen molar-refractivity contribution in [2.24, 2.45) is 0 Å². The van der Waals surface area contributed by atoms with Crippen molar-refractivity contribution in [2.75, 3.05) is 0 Å². The summed E-state index contributed by atoms with van der Waals surface area (Å²) >= 11 is 4.98. The van der Waals surface area contributed by atoms with Gasteiger partial charge in [0.1, 0.15) is 11.6 Å². The van der Waals surface area contributed by atoms with Crippen LogP contribution in [-0.4, -0.2) is 0 Å². The van der Waals surface area contributed by atoms with Crippen molar-refractivity contribution < 1.29 is 8.78 Å². The van der Waals surface area contributed by atoms with E-state index in [4.69, 9.17) is 0 Å². The molecule has 0 fully saturated rings. The molecule has 0 amide bonds. The quantitative estimate of drug-likeness (QED) is 0.860. The summed E-state index contributed by atoms with van der Waals surface area (Å²) in [6, 6.07) is 7.49. The molecule has 2 aromatic rings. The van der Waals surface area contributed by atoms with Crippen molar-refractivity contribution in [3.63, 3.8) is 0 Å². The molecule has 1 nitrogen and oxygen atoms in total. The van der Waals surface area contributed by atoms with Gasteiger partial charge in [-0.15, -0.1) is 11.3 Å². The van der Waals surface area contributed by atoms with Crippen LogP contribution in [-0.2, 0) is 6.54 Å². The second-order valence-electron chi connectivity index (χ2n) is 3.94. The molecule has 1 heterocycles. The summed E-state index contributed by atoms with van der Waals surface area (Å²) < 4.78 is 28.1. The van der Waals surface area contributed by atoms with Gasteiger partial charge < -0.3 is 5.32 Å². The van der Waals surface area contributed by atoms with E-state index >= 15 is 0 Å². The number of rotatable bonds is 4. The number of thiophene rings is 1. The summed E-state index contributed by atoms with van der Waals surface area (Å²) in [7, 11) is 0. The van der Waals surface area contributed by atoms with Gasteiger partial charge in [0.15, 0.2) is 0 Å². The minimum absolute atomic E-state index is 0.0909. The zero-order valence-corrected chi connectivity index (χ0v) is 12.1. The summed E-state index contributed by atoms with van der Waals surface area (Å²) in [5, 5.41) is 3.12. The van der Waals surface area contributed by atoms with Crippen LogP contribution in [0.4, 0.5) is 8.78 Å². The Bertz CT molecular complexity index is 521. The standard InChI is InChI=1S/C13H12BrF2NS/c1-8(13-10(15)3-2-4-11(13)16)17-7-9-5-6-12(14)18-9/h2-6,8,17H,7H2,1H3. The van der Waals surface area contributed by atoms with Gasteiger partial charge in [0, 0.05) is 23.0 Å². The molecule has 1 aromatic carbocycles. The van der Waals surface area contributed by atoms with Crippen LogP contribution >= 0.6 is 27.3 Å². The lowest BCUT2D eigenvalue weighted by molar-refractivity contribution is 0.489. The van der Waals surface area contributed by atoms with Crippen LogP contribution in [0, 0.1) is 11.6 Å². The SMILES string of the molecule is CC(NCc1ccc(Br)s1)c1c(F)cccc1F. The van der Waals surface area contributed by atoms with Crippen molar-refractivity contribution in [3.05, 3.63) is 56.2 Å². The number of benzene rings is 1. The maximum atomic E-state index is 13.5. The summed E-state index contributed by atoms with van der Waals surface area (Å²) in [5.41, 5.74) is 0.0909. The maximum Gasteiger partial charge on any atom is 0.130 e. The molecule has 0 aliphatic carbocycles. The largest absolute Gasteiger partial charge is 0.305 e. The van der Waals surface area contributed by atoms with Crippen LogP contribution in [0.3, 0.4) is 0 Å². The van der Waals surface area contributed by atoms with Crippen LogP contribution in [0.1, 0.15) is 23.4 Å². The van der Waals surface area contributed by atoms with E-state index in [1.165, 1.54) is 18.2 Å². The Hall–Kier alpha value is -0.780. The van der Waals surface area contributed by atoms with Gasteiger partial charge in [-0.3, -0.25) is 0 Å². The van der Waals surface area contributed by atoms with Crippen LogP contribution in [0.2, 0.25) is 0 Å². The molecule has 1 atom stereocenters. The lowest BCUT2D eigenvalue weighted by atomic mass is 10.1. The zero-order chi connectivity index (χ0) is 13.1. The molecule has 0 saturated heterocycles. The zero-order valence-electron chi connectivity index (χ0n) is 9.71. The number of nitrogens with one attached hydrogen (secondary N) is 1. The molecule has 2 rings (SSSR count). The van der Waals surface area contributed by atoms with E-state index in [1.807, 2.05) is 12.1 Å². The highest BCUT2D eigenvalue weighted by Crippen LogP contribution is 2.24. The van der Waals surface area contributed by atoms with Crippen molar-refractivity contribution >= 4 is 27.3 Å². The fourth-order valence-electron chi connectivity index (χ4n) is 1.73. The first-order valence-electron chi connectivity index (χ1n) is 5.49. The lowest BCUT2D eigenvalue weighted by Crippen LogP contribution is -2.19. The Morgan fingerprint density at radius 3 is 2.44 bits per heavy atom. The van der Waals surface area contributed by atoms with E-state index < -0.39 is 11.6 Å². The molecular weight excluding hydrogens is 320 g/mol. The van der Waals surface area contributed by atoms with Crippen molar-refractivity contribution in [2.45, 2.75) is 19.5 Å². The minimum Gasteiger partial charge on any atom is -0.305 e. The predicted molar refractivity (Wildman–Crippen MR) is 73.6 cm³/mol. The number of hydrogen-bond acceptors (Lipinski definition) is 2. The third-order valence-corrected chi connectivity index (χ3v) is 4.27. The molecule has 0 saturated carbocycles. The van der Waals surface area contributed by atoms with Crippen LogP contribution in [0.25, 0.3) is 0 Å². The maximum absolute atomic E-state index is 13.5. The Balaban J connectivity index is 2.06. The Morgan fingerprint density at radius 2 is 1.89 bits per heavy atom. The topological polar surface area (TPSA) is 12.0 Å². The average Bonchev–Trinajstić information content (AvgIpc) is 2.72. The van der Waals surface area contributed by atoms with Crippen molar-refractivity contribution in [3.8, 4) is 0 Å². The van der Waals surface area contributed by atoms with Gasteiger partial charge in [-0.25, -0.2) is 8.78 Å². The molecule has 0 aliphatic rings. The summed E-state index contributed by atoms with van der Waals surface area (Å²) in [6.07, 6.45) is 0. The molecule has 1 unspecified atom stereocenters. The Morgan fingerprint density at radius 1 is 1.22 bits per heavy atom. The van der Waals surface area contributed by atoms with Gasteiger partial charge >= 0.3 is 0 Å². The molecule has 96 valence electrons. The Kier molecular flexibility index (Phi) is 4.48. The van der Waals surface area contributed by atoms with Gasteiger partial charge in [-0.2, -0.15) is 0 Å². The molecule has 0 spiro atoms. The minimum atomic E-state index is -0.512. The summed E-state index contributed by atoms with van der Waals surface area (Å²) in [4.78, 5) is 1.12. The van der Waals surface area contributed by atoms with Crippen LogP contribution in [0.15, 0.2) is 34.1 Å². The lowest BCUT2D eigenvalue weighted by Gasteiger charge is -2.15. The van der Waals surface area contributed by atoms with Crippen LogP contribution in [0.5, 0.6) is 0 Å². The van der Waals surface area contributed by atoms with Crippen molar-refractivity contribution in [1.29, 1.82) is 0 Å². The third-order valence-electron chi connectivity index (χ3n) is 2.64. The fraction of sp³-hybridized carbons (Fsp3) is 0.231. The summed E-state index contributed by atoms with van der Waals surface area (Å²) in [5.74, 6) is -1.02. The molecule has 5 heteroatoms. The van der Waals surface area contributed by atoms with Gasteiger partial charge in [-0.1, -0.05) is 6.07 Å². The average molecular weight is 332 g/mol. The highest BCUT2D eigenvalue weighted by molar-refractivity contribution is 9.11. The molecular formula is C13H12BrF2NS. The molecule has 0 bridgehead atoms. The molecule has 18 heavy (non-hydrogen) atoms. The molecule has 0 radical (unpaired) electrons. The number of halogens is 3. The first kappa shape index (κ1) is 13.6. The summed E-state index contributed by atoms with van der Waals surface area (Å²) in [6.45, 7) is 2.34. The predicted octanol–water partition coefficient (Wildman–Crippen LogP) is 4.64. The van der Waals surface area contributed by atoms with Gasteiger partial charge in [0.05, 0.1) is 3.79 Å². The molecule has 1 N–H and O–H groups in total. The monoisotopic (exact) mass is 331 g/mol. The van der Waals surface area contributed by atoms with Crippen molar-refractivity contribution in [1.82, 2.24) is 5.32 Å². The first-order valence-corrected chi connectivity index (χ1v) is 7.10. The van der Waals surface area contributed by atoms with Gasteiger partial charge in [-0.05, 0) is 47.1 Å². The van der Waals surface area contributed by atoms with E-state index in [-0.39, 0.29) is 11.6 Å². The van der Waals surface area contributed by atoms with E-state index in [2.05, 4.69) is 21.2 Å². The third kappa shape index (κ3) is 3.16. The smallest absolute Gasteiger partial charge is 0.130 e. The van der Waals surface area contributed by atoms with E-state index in [1.54, 1.807) is 18.3 Å². The molecule has 0 aliphatic heterocycles. The highest BCUT2D eigenvalue weighted by atomic mass is 79.9. The second-order valence-corrected chi connectivity index (χ2v) is 6.49. The normalized spacial score (nSPS) is 12.7. The Labute approximate surface area is 117 Å². The van der Waals surface area contributed by atoms with E-state index in [9.17, 15) is 8.78 Å². The van der Waals surface area contributed by atoms with Gasteiger partial charge in [0.2, 0.25) is 0 Å². The van der Waals surface area contributed by atoms with E-state index in [0.717, 1.165) is 8.66 Å². The fourth-order valence-corrected chi connectivity index (χ4v) is 3.16. The molecule has 1 aromatic heterocycles. The second kappa shape index (κ2) is 5.91. The van der Waals surface area contributed by atoms with Crippen LogP contribution < -0.4 is 5.32 Å². The van der Waals surface area contributed by atoms with E-state index in [0.29, 0.717) is 6.54 Å².